The smallest absolute Gasteiger partial charge is 0.159 e. The van der Waals surface area contributed by atoms with Crippen LogP contribution in [-0.4, -0.2) is 206 Å². The third-order valence-electron chi connectivity index (χ3n) is 13.9. The van der Waals surface area contributed by atoms with Crippen LogP contribution in [0.2, 0.25) is 0 Å². The van der Waals surface area contributed by atoms with E-state index < -0.39 is 0 Å². The average molecular weight is 902 g/mol. The molecule has 7 aromatic carbocycles. The van der Waals surface area contributed by atoms with Gasteiger partial charge < -0.3 is 4.42 Å². The Bertz CT molecular complexity index is 4260. The van der Waals surface area contributed by atoms with Gasteiger partial charge in [-0.15, -0.1) is 71.4 Å². The Morgan fingerprint density at radius 1 is 0.307 bits per heavy atom. The lowest BCUT2D eigenvalue weighted by molar-refractivity contribution is 0.673. The number of aromatic nitrogens is 2. The maximum Gasteiger partial charge on any atom is 0.159 e. The predicted molar refractivity (Wildman–Crippen MR) is 344 cm³/mol. The number of rotatable bonds is 5. The molecule has 0 saturated heterocycles. The van der Waals surface area contributed by atoms with Crippen LogP contribution in [0.25, 0.3) is 98.3 Å². The number of fused-ring (bicyclic) bond motifs is 6. The summed E-state index contributed by atoms with van der Waals surface area (Å²) in [7, 11) is 165. The van der Waals surface area contributed by atoms with Gasteiger partial charge in [-0.05, 0) is 45.5 Å². The predicted octanol–water partition coefficient (Wildman–Crippen LogP) is -17.1. The van der Waals surface area contributed by atoms with E-state index in [1.807, 2.05) is 0 Å². The molecule has 0 saturated carbocycles. The zero-order valence-corrected chi connectivity index (χ0v) is 40.2. The molecule has 29 heteroatoms. The highest BCUT2D eigenvalue weighted by molar-refractivity contribution is 7.26. The monoisotopic (exact) mass is 906 g/mol. The van der Waals surface area contributed by atoms with Crippen molar-refractivity contribution in [2.75, 3.05) is 0 Å². The van der Waals surface area contributed by atoms with Gasteiger partial charge in [0.2, 0.25) is 0 Å². The Morgan fingerprint density at radius 2 is 0.667 bits per heavy atom. The van der Waals surface area contributed by atoms with Gasteiger partial charge in [0.05, 0.1) is 15.9 Å². The molecule has 0 spiro atoms. The van der Waals surface area contributed by atoms with E-state index in [0.717, 1.165) is 0 Å². The van der Waals surface area contributed by atoms with Crippen LogP contribution < -0.4 is 137 Å². The fraction of sp³-hybridized carbons (Fsp3) is 0. The molecular weight excluding hydrogens is 899 g/mol. The lowest BCUT2D eigenvalue weighted by Crippen LogP contribution is -2.55. The highest BCUT2D eigenvalue weighted by atomic mass is 32.1. The van der Waals surface area contributed by atoms with Gasteiger partial charge in [0.25, 0.3) is 0 Å². The van der Waals surface area contributed by atoms with E-state index in [1.165, 1.54) is 11.3 Å². The number of nitrogens with zero attached hydrogens (tertiary/aromatic N) is 2. The molecule has 0 N–H and O–H groups in total. The molecule has 10 aromatic rings. The van der Waals surface area contributed by atoms with E-state index >= 15 is 0 Å². The van der Waals surface area contributed by atoms with E-state index in [1.54, 1.807) is 18.2 Å². The maximum atomic E-state index is 7.21. The van der Waals surface area contributed by atoms with Crippen molar-refractivity contribution in [3.8, 4) is 56.0 Å². The van der Waals surface area contributed by atoms with Crippen LogP contribution in [0.3, 0.4) is 0 Å². The number of benzene rings is 7. The molecule has 0 atom stereocenters. The van der Waals surface area contributed by atoms with Crippen molar-refractivity contribution in [1.29, 1.82) is 0 Å². The molecule has 0 unspecified atom stereocenters. The Balaban J connectivity index is 1.27. The second-order valence-electron chi connectivity index (χ2n) is 17.9. The summed E-state index contributed by atoms with van der Waals surface area (Å²) in [5, 5.41) is 0.865. The molecule has 284 valence electrons. The molecule has 0 aliphatic heterocycles. The minimum atomic E-state index is -0.175. The van der Waals surface area contributed by atoms with Crippen LogP contribution in [0.5, 0.6) is 0 Å². The molecule has 3 aromatic heterocycles. The number of furan rings is 1. The third-order valence-corrected chi connectivity index (χ3v) is 15.1. The molecule has 0 fully saturated rings. The van der Waals surface area contributed by atoms with E-state index in [4.69, 9.17) is 211 Å². The zero-order valence-electron chi connectivity index (χ0n) is 39.4. The Labute approximate surface area is 471 Å². The molecule has 0 aliphatic rings. The van der Waals surface area contributed by atoms with E-state index in [0.29, 0.717) is 25.9 Å². The summed E-state index contributed by atoms with van der Waals surface area (Å²) in [5.41, 5.74) is -0.538. The highest BCUT2D eigenvalue weighted by Gasteiger charge is 2.29. The summed E-state index contributed by atoms with van der Waals surface area (Å²) < 4.78 is 7.48. The van der Waals surface area contributed by atoms with Crippen LogP contribution in [0.15, 0.2) is 22.6 Å². The van der Waals surface area contributed by atoms with Crippen molar-refractivity contribution in [3.05, 3.63) is 18.2 Å². The van der Waals surface area contributed by atoms with Crippen LogP contribution >= 0.6 is 11.3 Å². The van der Waals surface area contributed by atoms with Crippen molar-refractivity contribution in [2.24, 2.45) is 0 Å². The Hall–Kier alpha value is -4.74. The summed E-state index contributed by atoms with van der Waals surface area (Å²) in [5.74, 6) is -0.0619. The van der Waals surface area contributed by atoms with Gasteiger partial charge in [0.15, 0.2) is 5.82 Å². The normalized spacial score (nSPS) is 11.7. The number of hydrogen-bond acceptors (Lipinski definition) is 4. The van der Waals surface area contributed by atoms with Crippen LogP contribution in [0.1, 0.15) is 0 Å². The zero-order chi connectivity index (χ0) is 54.8. The lowest BCUT2D eigenvalue weighted by atomic mass is 9.56. The topological polar surface area (TPSA) is 38.9 Å². The SMILES string of the molecule is [B]c1c([B])c([B])c(-c2nc(-c3c([B])c([B])c([B])c([B])c3[B])c3sc4ccc(-c5c([B])c([B])c([B])c(-c6c([B])c([B])c([B])c(-c7c([B])c([B])c([B])c8c7oc7c([B])c([B])c([B])c([B])c78)c6[B])c5[B])cc4c3n2)c([B])c1[B]. The van der Waals surface area contributed by atoms with E-state index in [9.17, 15) is 0 Å². The standard InChI is InChI=1S/C46H3B25N2OS/c47-16-7(4-1-2-6-5(3-4)41-45(75-6)42(14-25(56)33(64)37(68)34(65)26(14)57)73-46(72-41)15-27(58)35(66)38(69)36(67)28(15)59)18(49)29(60)19(50)8(16)9-17(48)10(21(52)30(61)20(9)51)11-22(53)31(62)23(54)12-13-24(55)32(63)39(70)40(71)44(13)74-43(11)12/h1-3H. The van der Waals surface area contributed by atoms with Crippen LogP contribution in [-0.2, 0) is 0 Å². The first kappa shape index (κ1) is 53.7. The van der Waals surface area contributed by atoms with Crippen LogP contribution in [0, 0.1) is 0 Å². The first-order chi connectivity index (χ1) is 35.2. The van der Waals surface area contributed by atoms with Gasteiger partial charge in [0.1, 0.15) is 207 Å². The molecule has 0 amide bonds. The Morgan fingerprint density at radius 3 is 1.19 bits per heavy atom. The Kier molecular flexibility index (Phi) is 13.4. The maximum absolute atomic E-state index is 7.21. The fourth-order valence-electron chi connectivity index (χ4n) is 9.70. The summed E-state index contributed by atoms with van der Waals surface area (Å²) >= 11 is 1.26. The van der Waals surface area contributed by atoms with Gasteiger partial charge >= 0.3 is 0 Å². The molecule has 50 radical (unpaired) electrons. The second-order valence-corrected chi connectivity index (χ2v) is 18.9. The second kappa shape index (κ2) is 18.7. The van der Waals surface area contributed by atoms with Crippen molar-refractivity contribution in [3.63, 3.8) is 0 Å². The average Bonchev–Trinajstić information content (AvgIpc) is 3.97. The van der Waals surface area contributed by atoms with Crippen LogP contribution in [0.4, 0.5) is 0 Å². The number of hydrogen-bond donors (Lipinski definition) is 0. The minimum Gasteiger partial charge on any atom is -0.456 e. The highest BCUT2D eigenvalue weighted by Crippen LogP contribution is 2.40. The minimum absolute atomic E-state index is 0.00116. The van der Waals surface area contributed by atoms with Gasteiger partial charge in [-0.3, -0.25) is 0 Å². The largest absolute Gasteiger partial charge is 0.456 e. The summed E-state index contributed by atoms with van der Waals surface area (Å²) in [6.07, 6.45) is 0. The number of thiophene rings is 1. The molecule has 3 nitrogen and oxygen atoms in total. The van der Waals surface area contributed by atoms with E-state index in [2.05, 4.69) is 0 Å². The van der Waals surface area contributed by atoms with Gasteiger partial charge in [0, 0.05) is 32.0 Å². The summed E-state index contributed by atoms with van der Waals surface area (Å²) in [6, 6.07) is 5.26. The van der Waals surface area contributed by atoms with Gasteiger partial charge in [-0.25, -0.2) is 9.97 Å². The molecule has 75 heavy (non-hydrogen) atoms. The van der Waals surface area contributed by atoms with Gasteiger partial charge in [-0.1, -0.05) is 82.5 Å². The summed E-state index contributed by atoms with van der Waals surface area (Å²) in [6.45, 7) is 0. The van der Waals surface area contributed by atoms with Crippen molar-refractivity contribution < 1.29 is 4.42 Å². The lowest BCUT2D eigenvalue weighted by Gasteiger charge is -2.30. The van der Waals surface area contributed by atoms with Crippen molar-refractivity contribution >= 4 is 386 Å². The fourth-order valence-corrected chi connectivity index (χ4v) is 10.8. The molecule has 0 bridgehead atoms. The van der Waals surface area contributed by atoms with E-state index in [-0.39, 0.29) is 209 Å². The quantitative estimate of drug-likeness (QED) is 0.162. The molecule has 3 heterocycles. The molecular formula is C46H3B25N2OS. The summed E-state index contributed by atoms with van der Waals surface area (Å²) in [4.78, 5) is 9.90. The first-order valence-electron chi connectivity index (χ1n) is 21.9. The van der Waals surface area contributed by atoms with Crippen molar-refractivity contribution in [2.45, 2.75) is 0 Å². The molecule has 0 aliphatic carbocycles. The molecule has 10 rings (SSSR count). The van der Waals surface area contributed by atoms with Gasteiger partial charge in [-0.2, -0.15) is 0 Å². The van der Waals surface area contributed by atoms with Crippen molar-refractivity contribution in [1.82, 2.24) is 9.97 Å². The third kappa shape index (κ3) is 7.51. The first-order valence-corrected chi connectivity index (χ1v) is 22.7.